The molecular formula is C16H21NO3. The highest BCUT2D eigenvalue weighted by Crippen LogP contribution is 2.04. The topological polar surface area (TPSA) is 55.4 Å². The summed E-state index contributed by atoms with van der Waals surface area (Å²) in [5.41, 5.74) is 2.07. The van der Waals surface area contributed by atoms with Crippen molar-refractivity contribution in [1.29, 1.82) is 0 Å². The fourth-order valence-corrected chi connectivity index (χ4v) is 1.40. The van der Waals surface area contributed by atoms with E-state index < -0.39 is 5.97 Å². The molecule has 0 heterocycles. The zero-order valence-electron chi connectivity index (χ0n) is 12.2. The number of hydrogen-bond acceptors (Lipinski definition) is 3. The highest BCUT2D eigenvalue weighted by atomic mass is 16.5. The van der Waals surface area contributed by atoms with Gasteiger partial charge >= 0.3 is 5.97 Å². The molecule has 108 valence electrons. The minimum absolute atomic E-state index is 0.246. The predicted molar refractivity (Wildman–Crippen MR) is 79.0 cm³/mol. The van der Waals surface area contributed by atoms with Crippen LogP contribution < -0.4 is 5.32 Å². The normalized spacial score (nSPS) is 10.8. The zero-order chi connectivity index (χ0) is 15.0. The zero-order valence-corrected chi connectivity index (χ0v) is 12.2. The first-order chi connectivity index (χ1) is 9.47. The Bertz CT molecular complexity index is 475. The van der Waals surface area contributed by atoms with Gasteiger partial charge in [-0.05, 0) is 24.5 Å². The number of esters is 1. The summed E-state index contributed by atoms with van der Waals surface area (Å²) in [6, 6.07) is 7.75. The second-order valence-electron chi connectivity index (χ2n) is 5.05. The summed E-state index contributed by atoms with van der Waals surface area (Å²) >= 11 is 0. The van der Waals surface area contributed by atoms with Crippen molar-refractivity contribution in [2.45, 2.75) is 20.8 Å². The van der Waals surface area contributed by atoms with E-state index in [1.54, 1.807) is 6.08 Å². The molecule has 1 amide bonds. The monoisotopic (exact) mass is 275 g/mol. The first kappa shape index (κ1) is 16.0. The summed E-state index contributed by atoms with van der Waals surface area (Å²) in [7, 11) is 0. The SMILES string of the molecule is Cc1ccc(/C=C/C(=O)OCC(=O)NCC(C)C)cc1. The molecule has 0 aromatic heterocycles. The van der Waals surface area contributed by atoms with Gasteiger partial charge in [0.05, 0.1) is 0 Å². The average Bonchev–Trinajstić information content (AvgIpc) is 2.42. The van der Waals surface area contributed by atoms with E-state index in [9.17, 15) is 9.59 Å². The van der Waals surface area contributed by atoms with Crippen LogP contribution in [0.15, 0.2) is 30.3 Å². The third-order valence-corrected chi connectivity index (χ3v) is 2.54. The Morgan fingerprint density at radius 3 is 2.50 bits per heavy atom. The van der Waals surface area contributed by atoms with E-state index in [2.05, 4.69) is 5.32 Å². The van der Waals surface area contributed by atoms with E-state index in [-0.39, 0.29) is 12.5 Å². The summed E-state index contributed by atoms with van der Waals surface area (Å²) in [6.45, 7) is 6.32. The molecule has 1 N–H and O–H groups in total. The highest BCUT2D eigenvalue weighted by Gasteiger charge is 2.05. The van der Waals surface area contributed by atoms with Crippen LogP contribution in [-0.4, -0.2) is 25.0 Å². The number of benzene rings is 1. The van der Waals surface area contributed by atoms with Crippen molar-refractivity contribution in [3.8, 4) is 0 Å². The number of ether oxygens (including phenoxy) is 1. The van der Waals surface area contributed by atoms with Gasteiger partial charge in [0, 0.05) is 12.6 Å². The van der Waals surface area contributed by atoms with Crippen molar-refractivity contribution in [3.63, 3.8) is 0 Å². The Morgan fingerprint density at radius 2 is 1.90 bits per heavy atom. The van der Waals surface area contributed by atoms with Gasteiger partial charge in [0.15, 0.2) is 6.61 Å². The fraction of sp³-hybridized carbons (Fsp3) is 0.375. The lowest BCUT2D eigenvalue weighted by atomic mass is 10.1. The van der Waals surface area contributed by atoms with E-state index in [0.717, 1.165) is 11.1 Å². The van der Waals surface area contributed by atoms with Crippen LogP contribution in [0.5, 0.6) is 0 Å². The van der Waals surface area contributed by atoms with Crippen LogP contribution in [-0.2, 0) is 14.3 Å². The summed E-state index contributed by atoms with van der Waals surface area (Å²) in [6.07, 6.45) is 2.98. The number of hydrogen-bond donors (Lipinski definition) is 1. The quantitative estimate of drug-likeness (QED) is 0.640. The summed E-state index contributed by atoms with van der Waals surface area (Å²) in [4.78, 5) is 22.8. The van der Waals surface area contributed by atoms with Crippen LogP contribution in [0.25, 0.3) is 6.08 Å². The third kappa shape index (κ3) is 6.73. The molecule has 0 aliphatic rings. The third-order valence-electron chi connectivity index (χ3n) is 2.54. The van der Waals surface area contributed by atoms with Gasteiger partial charge in [-0.2, -0.15) is 0 Å². The maximum Gasteiger partial charge on any atom is 0.331 e. The Morgan fingerprint density at radius 1 is 1.25 bits per heavy atom. The van der Waals surface area contributed by atoms with Crippen LogP contribution in [0.1, 0.15) is 25.0 Å². The van der Waals surface area contributed by atoms with Crippen LogP contribution in [0.3, 0.4) is 0 Å². The molecule has 0 saturated carbocycles. The van der Waals surface area contributed by atoms with Crippen molar-refractivity contribution in [2.75, 3.05) is 13.2 Å². The minimum Gasteiger partial charge on any atom is -0.452 e. The van der Waals surface area contributed by atoms with E-state index in [1.165, 1.54) is 6.08 Å². The molecule has 20 heavy (non-hydrogen) atoms. The van der Waals surface area contributed by atoms with Gasteiger partial charge in [-0.1, -0.05) is 43.7 Å². The number of carbonyl (C=O) groups excluding carboxylic acids is 2. The van der Waals surface area contributed by atoms with Gasteiger partial charge in [0.25, 0.3) is 5.91 Å². The van der Waals surface area contributed by atoms with Crippen molar-refractivity contribution < 1.29 is 14.3 Å². The molecule has 0 radical (unpaired) electrons. The maximum absolute atomic E-state index is 11.4. The van der Waals surface area contributed by atoms with Crippen molar-refractivity contribution >= 4 is 18.0 Å². The van der Waals surface area contributed by atoms with Gasteiger partial charge < -0.3 is 10.1 Å². The highest BCUT2D eigenvalue weighted by molar-refractivity contribution is 5.89. The van der Waals surface area contributed by atoms with Crippen LogP contribution in [0, 0.1) is 12.8 Å². The molecular weight excluding hydrogens is 254 g/mol. The Hall–Kier alpha value is -2.10. The van der Waals surface area contributed by atoms with E-state index in [0.29, 0.717) is 12.5 Å². The fourth-order valence-electron chi connectivity index (χ4n) is 1.40. The molecule has 0 saturated heterocycles. The molecule has 1 rings (SSSR count). The van der Waals surface area contributed by atoms with Crippen molar-refractivity contribution in [1.82, 2.24) is 5.32 Å². The number of rotatable bonds is 6. The first-order valence-corrected chi connectivity index (χ1v) is 6.65. The molecule has 4 nitrogen and oxygen atoms in total. The maximum atomic E-state index is 11.4. The van der Waals surface area contributed by atoms with E-state index in [1.807, 2.05) is 45.0 Å². The standard InChI is InChI=1S/C16H21NO3/c1-12(2)10-17-15(18)11-20-16(19)9-8-14-6-4-13(3)5-7-14/h4-9,12H,10-11H2,1-3H3,(H,17,18)/b9-8+. The largest absolute Gasteiger partial charge is 0.452 e. The second-order valence-corrected chi connectivity index (χ2v) is 5.05. The lowest BCUT2D eigenvalue weighted by molar-refractivity contribution is -0.143. The predicted octanol–water partition coefficient (Wildman–Crippen LogP) is 2.32. The number of nitrogens with one attached hydrogen (secondary N) is 1. The van der Waals surface area contributed by atoms with Crippen molar-refractivity contribution in [2.24, 2.45) is 5.92 Å². The van der Waals surface area contributed by atoms with E-state index >= 15 is 0 Å². The van der Waals surface area contributed by atoms with Gasteiger partial charge in [0.2, 0.25) is 0 Å². The second kappa shape index (κ2) is 8.15. The number of amides is 1. The smallest absolute Gasteiger partial charge is 0.331 e. The first-order valence-electron chi connectivity index (χ1n) is 6.65. The molecule has 0 fully saturated rings. The van der Waals surface area contributed by atoms with Gasteiger partial charge in [-0.15, -0.1) is 0 Å². The van der Waals surface area contributed by atoms with Crippen LogP contribution in [0.2, 0.25) is 0 Å². The average molecular weight is 275 g/mol. The van der Waals surface area contributed by atoms with E-state index in [4.69, 9.17) is 4.74 Å². The summed E-state index contributed by atoms with van der Waals surface area (Å²) in [5, 5.41) is 2.68. The lowest BCUT2D eigenvalue weighted by Gasteiger charge is -2.07. The summed E-state index contributed by atoms with van der Waals surface area (Å²) < 4.78 is 4.84. The minimum atomic E-state index is -0.523. The molecule has 0 atom stereocenters. The molecule has 0 aliphatic heterocycles. The number of carbonyl (C=O) groups is 2. The van der Waals surface area contributed by atoms with Crippen LogP contribution >= 0.6 is 0 Å². The van der Waals surface area contributed by atoms with Gasteiger partial charge in [-0.3, -0.25) is 4.79 Å². The Balaban J connectivity index is 2.33. The number of aryl methyl sites for hydroxylation is 1. The van der Waals surface area contributed by atoms with Gasteiger partial charge in [-0.25, -0.2) is 4.79 Å². The van der Waals surface area contributed by atoms with Crippen molar-refractivity contribution in [3.05, 3.63) is 41.5 Å². The molecule has 1 aromatic rings. The molecule has 0 spiro atoms. The molecule has 0 aliphatic carbocycles. The van der Waals surface area contributed by atoms with Gasteiger partial charge in [0.1, 0.15) is 0 Å². The van der Waals surface area contributed by atoms with Crippen LogP contribution in [0.4, 0.5) is 0 Å². The molecule has 4 heteroatoms. The molecule has 0 unspecified atom stereocenters. The summed E-state index contributed by atoms with van der Waals surface area (Å²) in [5.74, 6) is -0.433. The molecule has 1 aromatic carbocycles. The Labute approximate surface area is 119 Å². The lowest BCUT2D eigenvalue weighted by Crippen LogP contribution is -2.31. The Kier molecular flexibility index (Phi) is 6.50. The molecule has 0 bridgehead atoms.